The number of nitro benzene ring substituents is 1. The molecule has 2 aliphatic heterocycles. The molecule has 0 bridgehead atoms. The number of nitro groups is 1. The van der Waals surface area contributed by atoms with Crippen LogP contribution in [0.15, 0.2) is 18.2 Å². The summed E-state index contributed by atoms with van der Waals surface area (Å²) in [4.78, 5) is 12.7. The molecule has 1 N–H and O–H groups in total. The maximum Gasteiger partial charge on any atom is 0.416 e. The molecule has 0 amide bonds. The van der Waals surface area contributed by atoms with Crippen molar-refractivity contribution in [3.63, 3.8) is 0 Å². The van der Waals surface area contributed by atoms with Gasteiger partial charge in [-0.2, -0.15) is 13.2 Å². The first-order chi connectivity index (χ1) is 11.8. The Kier molecular flexibility index (Phi) is 5.14. The number of nitrogens with one attached hydrogen (secondary N) is 1. The van der Waals surface area contributed by atoms with Crippen LogP contribution in [-0.4, -0.2) is 48.2 Å². The van der Waals surface area contributed by atoms with Crippen LogP contribution in [0.5, 0.6) is 0 Å². The molecule has 2 saturated heterocycles. The number of rotatable bonds is 4. The van der Waals surface area contributed by atoms with E-state index in [-0.39, 0.29) is 11.7 Å². The lowest BCUT2D eigenvalue weighted by atomic mass is 10.0. The van der Waals surface area contributed by atoms with Gasteiger partial charge in [-0.05, 0) is 31.4 Å². The van der Waals surface area contributed by atoms with Gasteiger partial charge >= 0.3 is 6.18 Å². The summed E-state index contributed by atoms with van der Waals surface area (Å²) in [5.41, 5.74) is -1.41. The second-order valence-corrected chi connectivity index (χ2v) is 6.46. The zero-order valence-corrected chi connectivity index (χ0v) is 13.6. The average molecular weight is 359 g/mol. The minimum Gasteiger partial charge on any atom is -0.380 e. The third-order valence-corrected chi connectivity index (χ3v) is 4.83. The molecule has 1 atom stereocenters. The fourth-order valence-corrected chi connectivity index (χ4v) is 3.42. The number of piperidine rings is 1. The number of nitrogens with zero attached hydrogens (tertiary/aromatic N) is 2. The Morgan fingerprint density at radius 1 is 1.24 bits per heavy atom. The molecule has 2 aliphatic rings. The quantitative estimate of drug-likeness (QED) is 0.660. The molecular formula is C16H20F3N3O3. The van der Waals surface area contributed by atoms with Crippen LogP contribution in [0.3, 0.4) is 0 Å². The van der Waals surface area contributed by atoms with E-state index in [1.807, 2.05) is 0 Å². The number of likely N-dealkylation sites (tertiary alicyclic amines) is 1. The maximum absolute atomic E-state index is 12.8. The Hall–Kier alpha value is -1.87. The third-order valence-electron chi connectivity index (χ3n) is 4.83. The molecule has 6 nitrogen and oxygen atoms in total. The molecule has 0 aliphatic carbocycles. The standard InChI is InChI=1S/C16H20F3N3O3/c17-16(18,19)11-1-2-14(15(9-11)22(23)24)20-12-3-6-21(7-4-12)13-5-8-25-10-13/h1-2,9,12-13,20H,3-8,10H2. The van der Waals surface area contributed by atoms with Gasteiger partial charge in [-0.1, -0.05) is 0 Å². The molecule has 0 aromatic heterocycles. The lowest BCUT2D eigenvalue weighted by Gasteiger charge is -2.35. The second kappa shape index (κ2) is 7.17. The summed E-state index contributed by atoms with van der Waals surface area (Å²) in [6.07, 6.45) is -2.01. The molecule has 3 rings (SSSR count). The minimum atomic E-state index is -4.60. The van der Waals surface area contributed by atoms with Gasteiger partial charge in [0, 0.05) is 37.8 Å². The fraction of sp³-hybridized carbons (Fsp3) is 0.625. The third kappa shape index (κ3) is 4.21. The van der Waals surface area contributed by atoms with Crippen molar-refractivity contribution in [1.29, 1.82) is 0 Å². The van der Waals surface area contributed by atoms with Crippen molar-refractivity contribution in [2.45, 2.75) is 37.5 Å². The van der Waals surface area contributed by atoms with E-state index in [9.17, 15) is 23.3 Å². The van der Waals surface area contributed by atoms with Crippen LogP contribution >= 0.6 is 0 Å². The normalized spacial score (nSPS) is 22.9. The molecule has 138 valence electrons. The Morgan fingerprint density at radius 3 is 2.52 bits per heavy atom. The molecule has 2 heterocycles. The predicted molar refractivity (Wildman–Crippen MR) is 85.5 cm³/mol. The number of alkyl halides is 3. The highest BCUT2D eigenvalue weighted by atomic mass is 19.4. The van der Waals surface area contributed by atoms with Gasteiger partial charge in [0.25, 0.3) is 5.69 Å². The number of hydrogen-bond acceptors (Lipinski definition) is 5. The first kappa shape index (κ1) is 17.9. The zero-order chi connectivity index (χ0) is 18.0. The second-order valence-electron chi connectivity index (χ2n) is 6.46. The van der Waals surface area contributed by atoms with Crippen LogP contribution in [0.1, 0.15) is 24.8 Å². The Morgan fingerprint density at radius 2 is 1.96 bits per heavy atom. The Balaban J connectivity index is 1.65. The molecule has 1 unspecified atom stereocenters. The molecule has 25 heavy (non-hydrogen) atoms. The van der Waals surface area contributed by atoms with Gasteiger partial charge in [-0.25, -0.2) is 0 Å². The van der Waals surface area contributed by atoms with Crippen LogP contribution in [0.4, 0.5) is 24.5 Å². The number of hydrogen-bond donors (Lipinski definition) is 1. The van der Waals surface area contributed by atoms with Crippen LogP contribution in [-0.2, 0) is 10.9 Å². The zero-order valence-electron chi connectivity index (χ0n) is 13.6. The largest absolute Gasteiger partial charge is 0.416 e. The molecule has 9 heteroatoms. The Labute approximate surface area is 143 Å². The molecule has 1 aromatic carbocycles. The molecular weight excluding hydrogens is 339 g/mol. The van der Waals surface area contributed by atoms with Crippen LogP contribution in [0.25, 0.3) is 0 Å². The van der Waals surface area contributed by atoms with E-state index in [2.05, 4.69) is 10.2 Å². The van der Waals surface area contributed by atoms with Crippen LogP contribution in [0, 0.1) is 10.1 Å². The summed E-state index contributed by atoms with van der Waals surface area (Å²) in [6.45, 7) is 3.21. The molecule has 0 spiro atoms. The highest BCUT2D eigenvalue weighted by Crippen LogP contribution is 2.35. The van der Waals surface area contributed by atoms with E-state index in [0.29, 0.717) is 12.1 Å². The van der Waals surface area contributed by atoms with Crippen molar-refractivity contribution >= 4 is 11.4 Å². The van der Waals surface area contributed by atoms with Crippen molar-refractivity contribution in [3.05, 3.63) is 33.9 Å². The van der Waals surface area contributed by atoms with Crippen LogP contribution < -0.4 is 5.32 Å². The van der Waals surface area contributed by atoms with Gasteiger partial charge in [0.2, 0.25) is 0 Å². The number of anilines is 1. The number of benzene rings is 1. The van der Waals surface area contributed by atoms with E-state index in [1.54, 1.807) is 0 Å². The lowest BCUT2D eigenvalue weighted by Crippen LogP contribution is -2.44. The van der Waals surface area contributed by atoms with Gasteiger partial charge in [-0.15, -0.1) is 0 Å². The van der Waals surface area contributed by atoms with Crippen molar-refractivity contribution < 1.29 is 22.8 Å². The van der Waals surface area contributed by atoms with E-state index in [0.717, 1.165) is 57.7 Å². The summed E-state index contributed by atoms with van der Waals surface area (Å²) >= 11 is 0. The summed E-state index contributed by atoms with van der Waals surface area (Å²) < 4.78 is 43.7. The van der Waals surface area contributed by atoms with Gasteiger partial charge in [-0.3, -0.25) is 15.0 Å². The van der Waals surface area contributed by atoms with Gasteiger partial charge in [0.15, 0.2) is 0 Å². The van der Waals surface area contributed by atoms with Crippen molar-refractivity contribution in [2.24, 2.45) is 0 Å². The van der Waals surface area contributed by atoms with E-state index < -0.39 is 22.4 Å². The minimum absolute atomic E-state index is 0.00834. The predicted octanol–water partition coefficient (Wildman–Crippen LogP) is 3.28. The topological polar surface area (TPSA) is 67.6 Å². The number of halogens is 3. The molecule has 0 saturated carbocycles. The molecule has 1 aromatic rings. The lowest BCUT2D eigenvalue weighted by molar-refractivity contribution is -0.384. The first-order valence-electron chi connectivity index (χ1n) is 8.28. The molecule has 2 fully saturated rings. The van der Waals surface area contributed by atoms with Gasteiger partial charge in [0.05, 0.1) is 17.1 Å². The SMILES string of the molecule is O=[N+]([O-])c1cc(C(F)(F)F)ccc1NC1CCN(C2CCOC2)CC1. The van der Waals surface area contributed by atoms with Crippen LogP contribution in [0.2, 0.25) is 0 Å². The summed E-state index contributed by atoms with van der Waals surface area (Å²) in [5.74, 6) is 0. The highest BCUT2D eigenvalue weighted by Gasteiger charge is 2.34. The smallest absolute Gasteiger partial charge is 0.380 e. The van der Waals surface area contributed by atoms with E-state index in [4.69, 9.17) is 4.74 Å². The summed E-state index contributed by atoms with van der Waals surface area (Å²) in [7, 11) is 0. The maximum atomic E-state index is 12.8. The summed E-state index contributed by atoms with van der Waals surface area (Å²) in [5, 5.41) is 14.2. The van der Waals surface area contributed by atoms with Crippen molar-refractivity contribution in [2.75, 3.05) is 31.6 Å². The van der Waals surface area contributed by atoms with Crippen molar-refractivity contribution in [3.8, 4) is 0 Å². The van der Waals surface area contributed by atoms with Gasteiger partial charge in [0.1, 0.15) is 5.69 Å². The van der Waals surface area contributed by atoms with E-state index in [1.165, 1.54) is 0 Å². The fourth-order valence-electron chi connectivity index (χ4n) is 3.42. The average Bonchev–Trinajstić information content (AvgIpc) is 3.09. The van der Waals surface area contributed by atoms with Gasteiger partial charge < -0.3 is 10.1 Å². The number of ether oxygens (including phenoxy) is 1. The molecule has 0 radical (unpaired) electrons. The Bertz CT molecular complexity index is 625. The summed E-state index contributed by atoms with van der Waals surface area (Å²) in [6, 6.07) is 3.06. The first-order valence-corrected chi connectivity index (χ1v) is 8.28. The van der Waals surface area contributed by atoms with Crippen molar-refractivity contribution in [1.82, 2.24) is 4.90 Å². The van der Waals surface area contributed by atoms with E-state index >= 15 is 0 Å². The highest BCUT2D eigenvalue weighted by molar-refractivity contribution is 5.63. The monoisotopic (exact) mass is 359 g/mol.